The Bertz CT molecular complexity index is 837. The second-order valence-electron chi connectivity index (χ2n) is 10.3. The van der Waals surface area contributed by atoms with Crippen LogP contribution in [0.1, 0.15) is 77.0 Å². The van der Waals surface area contributed by atoms with E-state index in [0.717, 1.165) is 25.7 Å². The summed E-state index contributed by atoms with van der Waals surface area (Å²) in [5.41, 5.74) is -0.199. The molecule has 1 heterocycles. The van der Waals surface area contributed by atoms with E-state index in [4.69, 9.17) is 22.3 Å². The van der Waals surface area contributed by atoms with E-state index in [0.29, 0.717) is 88.0 Å². The molecule has 4 atom stereocenters. The van der Waals surface area contributed by atoms with Crippen molar-refractivity contribution in [2.45, 2.75) is 82.8 Å². The van der Waals surface area contributed by atoms with Gasteiger partial charge in [0.2, 0.25) is 0 Å². The molecule has 31 heavy (non-hydrogen) atoms. The van der Waals surface area contributed by atoms with Crippen molar-refractivity contribution in [1.29, 1.82) is 0 Å². The molecule has 0 N–H and O–H groups in total. The van der Waals surface area contributed by atoms with Gasteiger partial charge in [-0.15, -0.1) is 24.7 Å². The molecule has 1 saturated heterocycles. The molecule has 0 aromatic rings. The van der Waals surface area contributed by atoms with Gasteiger partial charge in [0.25, 0.3) is 0 Å². The molecule has 1 spiro atoms. The molecule has 5 aliphatic rings. The van der Waals surface area contributed by atoms with Crippen molar-refractivity contribution in [2.24, 2.45) is 22.7 Å². The molecule has 0 aromatic carbocycles. The Kier molecular flexibility index (Phi) is 6.12. The Morgan fingerprint density at radius 1 is 0.806 bits per heavy atom. The Morgan fingerprint density at radius 3 is 2.00 bits per heavy atom. The first-order valence-electron chi connectivity index (χ1n) is 11.5. The highest BCUT2D eigenvalue weighted by atomic mass is 16.7. The lowest BCUT2D eigenvalue weighted by Crippen LogP contribution is -2.45. The van der Waals surface area contributed by atoms with Crippen LogP contribution in [-0.4, -0.2) is 36.4 Å². The minimum Gasteiger partial charge on any atom is -0.348 e. The normalized spacial score (nSPS) is 38.1. The van der Waals surface area contributed by atoms with Crippen molar-refractivity contribution in [1.82, 2.24) is 0 Å². The largest absolute Gasteiger partial charge is 0.348 e. The van der Waals surface area contributed by atoms with Crippen LogP contribution in [0.15, 0.2) is 0 Å². The van der Waals surface area contributed by atoms with Crippen molar-refractivity contribution in [3.05, 3.63) is 0 Å². The van der Waals surface area contributed by atoms with E-state index in [9.17, 15) is 14.4 Å². The van der Waals surface area contributed by atoms with Crippen LogP contribution >= 0.6 is 0 Å². The number of ketones is 3. The van der Waals surface area contributed by atoms with Gasteiger partial charge in [0.15, 0.2) is 5.79 Å². The van der Waals surface area contributed by atoms with E-state index in [1.54, 1.807) is 0 Å². The third-order valence-corrected chi connectivity index (χ3v) is 8.32. The first-order chi connectivity index (χ1) is 14.8. The van der Waals surface area contributed by atoms with E-state index in [1.165, 1.54) is 0 Å². The van der Waals surface area contributed by atoms with Gasteiger partial charge in [0.1, 0.15) is 17.3 Å². The summed E-state index contributed by atoms with van der Waals surface area (Å²) in [7, 11) is 0. The molecule has 0 radical (unpaired) electrons. The van der Waals surface area contributed by atoms with E-state index < -0.39 is 5.79 Å². The molecule has 0 bridgehead atoms. The van der Waals surface area contributed by atoms with Crippen LogP contribution in [0, 0.1) is 47.4 Å². The van der Waals surface area contributed by atoms with Gasteiger partial charge in [0.05, 0.1) is 13.2 Å². The summed E-state index contributed by atoms with van der Waals surface area (Å²) < 4.78 is 11.6. The van der Waals surface area contributed by atoms with E-state index in [-0.39, 0.29) is 16.6 Å². The maximum atomic E-state index is 11.7. The van der Waals surface area contributed by atoms with Crippen LogP contribution in [-0.2, 0) is 23.9 Å². The van der Waals surface area contributed by atoms with E-state index in [1.807, 2.05) is 0 Å². The predicted octanol–water partition coefficient (Wildman–Crippen LogP) is 3.63. The molecule has 0 amide bonds. The summed E-state index contributed by atoms with van der Waals surface area (Å²) in [4.78, 5) is 34.6. The fraction of sp³-hybridized carbons (Fsp3) is 0.731. The molecule has 5 rings (SSSR count). The van der Waals surface area contributed by atoms with Crippen LogP contribution in [0.2, 0.25) is 0 Å². The Balaban J connectivity index is 0.000000152. The lowest BCUT2D eigenvalue weighted by Gasteiger charge is -2.45. The number of fused-ring (bicyclic) bond motifs is 2. The summed E-state index contributed by atoms with van der Waals surface area (Å²) >= 11 is 0. The van der Waals surface area contributed by atoms with Gasteiger partial charge < -0.3 is 9.47 Å². The maximum absolute atomic E-state index is 11.7. The molecule has 4 saturated carbocycles. The fourth-order valence-corrected chi connectivity index (χ4v) is 6.96. The lowest BCUT2D eigenvalue weighted by molar-refractivity contribution is -0.209. The number of hydrogen-bond acceptors (Lipinski definition) is 5. The minimum absolute atomic E-state index is 0.0472. The third-order valence-electron chi connectivity index (χ3n) is 8.32. The number of carbonyl (C=O) groups is 3. The molecule has 5 heteroatoms. The van der Waals surface area contributed by atoms with Crippen molar-refractivity contribution >= 4 is 17.3 Å². The molecule has 166 valence electrons. The standard InChI is InChI=1S/C14H18O3.C12H14O2/c1-2-4-13-9-12(15)8-11(13)3-5-14(10-13)16-6-7-17-14;1-2-5-12-7-10(13)4-3-9(12)6-11(14)8-12/h1,11H,3-10H2;1,9H,3-8H2/t11-,13-;9-,12+/m00/s1. The number of rotatable bonds is 2. The predicted molar refractivity (Wildman–Crippen MR) is 115 cm³/mol. The van der Waals surface area contributed by atoms with Crippen molar-refractivity contribution < 1.29 is 23.9 Å². The van der Waals surface area contributed by atoms with E-state index >= 15 is 0 Å². The lowest BCUT2D eigenvalue weighted by atomic mass is 9.64. The molecular formula is C26H32O5. The Labute approximate surface area is 185 Å². The third kappa shape index (κ3) is 4.23. The van der Waals surface area contributed by atoms with Gasteiger partial charge in [-0.05, 0) is 35.5 Å². The molecule has 1 aliphatic heterocycles. The molecule has 0 aromatic heterocycles. The highest BCUT2D eigenvalue weighted by Gasteiger charge is 2.56. The van der Waals surface area contributed by atoms with Gasteiger partial charge in [-0.25, -0.2) is 0 Å². The first-order valence-corrected chi connectivity index (χ1v) is 11.5. The van der Waals surface area contributed by atoms with Crippen LogP contribution in [0.4, 0.5) is 0 Å². The minimum atomic E-state index is -0.433. The molecule has 5 fully saturated rings. The smallest absolute Gasteiger partial charge is 0.169 e. The molecule has 4 aliphatic carbocycles. The van der Waals surface area contributed by atoms with Crippen molar-refractivity contribution in [3.8, 4) is 24.7 Å². The quantitative estimate of drug-likeness (QED) is 0.633. The first kappa shape index (κ1) is 22.3. The van der Waals surface area contributed by atoms with Crippen LogP contribution < -0.4 is 0 Å². The Hall–Kier alpha value is -1.95. The highest BCUT2D eigenvalue weighted by molar-refractivity contribution is 5.87. The molecule has 0 unspecified atom stereocenters. The summed E-state index contributed by atoms with van der Waals surface area (Å²) in [6, 6.07) is 0. The second kappa shape index (κ2) is 8.53. The zero-order chi connectivity index (χ0) is 22.1. The Morgan fingerprint density at radius 2 is 1.35 bits per heavy atom. The summed E-state index contributed by atoms with van der Waals surface area (Å²) in [5.74, 6) is 6.73. The van der Waals surface area contributed by atoms with Gasteiger partial charge in [-0.2, -0.15) is 0 Å². The summed E-state index contributed by atoms with van der Waals surface area (Å²) in [6.45, 7) is 1.34. The van der Waals surface area contributed by atoms with Crippen LogP contribution in [0.3, 0.4) is 0 Å². The van der Waals surface area contributed by atoms with Gasteiger partial charge in [-0.1, -0.05) is 0 Å². The maximum Gasteiger partial charge on any atom is 0.169 e. The van der Waals surface area contributed by atoms with Crippen molar-refractivity contribution in [3.63, 3.8) is 0 Å². The zero-order valence-corrected chi connectivity index (χ0v) is 18.3. The van der Waals surface area contributed by atoms with Crippen molar-refractivity contribution in [2.75, 3.05) is 13.2 Å². The summed E-state index contributed by atoms with van der Waals surface area (Å²) in [5, 5.41) is 0. The van der Waals surface area contributed by atoms with Crippen LogP contribution in [0.5, 0.6) is 0 Å². The van der Waals surface area contributed by atoms with Gasteiger partial charge in [-0.3, -0.25) is 14.4 Å². The number of Topliss-reactive ketones (excluding diaryl/α,β-unsaturated/α-hetero) is 3. The highest BCUT2D eigenvalue weighted by Crippen LogP contribution is 2.57. The summed E-state index contributed by atoms with van der Waals surface area (Å²) in [6.07, 6.45) is 19.4. The fourth-order valence-electron chi connectivity index (χ4n) is 6.96. The number of carbonyl (C=O) groups excluding carboxylic acids is 3. The average Bonchev–Trinajstić information content (AvgIpc) is 3.37. The zero-order valence-electron chi connectivity index (χ0n) is 18.3. The van der Waals surface area contributed by atoms with E-state index in [2.05, 4.69) is 11.8 Å². The number of hydrogen-bond donors (Lipinski definition) is 0. The average molecular weight is 425 g/mol. The molecular weight excluding hydrogens is 392 g/mol. The number of terminal acetylenes is 2. The molecule has 5 nitrogen and oxygen atoms in total. The van der Waals surface area contributed by atoms with Gasteiger partial charge >= 0.3 is 0 Å². The topological polar surface area (TPSA) is 69.7 Å². The SMILES string of the molecule is C#CC[C@@]12CC(=O)C[C@@H]1CCC1(C2)OCCO1.C#CC[C@]12CC(=O)CC[C@H]1CC(=O)C2. The van der Waals surface area contributed by atoms with Crippen LogP contribution in [0.25, 0.3) is 0 Å². The number of ether oxygens (including phenoxy) is 2. The second-order valence-corrected chi connectivity index (χ2v) is 10.3. The van der Waals surface area contributed by atoms with Gasteiger partial charge in [0, 0.05) is 64.2 Å². The monoisotopic (exact) mass is 424 g/mol.